The quantitative estimate of drug-likeness (QED) is 0.787. The van der Waals surface area contributed by atoms with Crippen LogP contribution < -0.4 is 0 Å². The topological polar surface area (TPSA) is 58.4 Å². The van der Waals surface area contributed by atoms with E-state index in [9.17, 15) is 17.2 Å². The van der Waals surface area contributed by atoms with E-state index in [4.69, 9.17) is 0 Å². The monoisotopic (exact) mass is 390 g/mol. The second-order valence-electron chi connectivity index (χ2n) is 5.98. The fraction of sp³-hybridized carbons (Fsp3) is 0.533. The summed E-state index contributed by atoms with van der Waals surface area (Å²) in [5.74, 6) is 0. The van der Waals surface area contributed by atoms with E-state index in [0.29, 0.717) is 30.9 Å². The molecule has 0 atom stereocenters. The van der Waals surface area contributed by atoms with Gasteiger partial charge in [-0.05, 0) is 25.3 Å². The Morgan fingerprint density at radius 1 is 1.24 bits per heavy atom. The molecular weight excluding hydrogens is 370 g/mol. The van der Waals surface area contributed by atoms with Crippen LogP contribution in [0.5, 0.6) is 0 Å². The van der Waals surface area contributed by atoms with Gasteiger partial charge in [0.05, 0.1) is 11.4 Å². The van der Waals surface area contributed by atoms with Gasteiger partial charge in [0.25, 0.3) is 0 Å². The van der Waals surface area contributed by atoms with E-state index in [0.717, 1.165) is 6.54 Å². The molecule has 2 aromatic heterocycles. The van der Waals surface area contributed by atoms with Gasteiger partial charge in [-0.1, -0.05) is 6.07 Å². The van der Waals surface area contributed by atoms with Gasteiger partial charge in [0.2, 0.25) is 10.0 Å². The zero-order chi connectivity index (χ0) is 18.2. The van der Waals surface area contributed by atoms with E-state index >= 15 is 0 Å². The number of hydrogen-bond donors (Lipinski definition) is 0. The number of rotatable bonds is 5. The van der Waals surface area contributed by atoms with Gasteiger partial charge in [-0.3, -0.25) is 4.90 Å². The highest BCUT2D eigenvalue weighted by atomic mass is 32.2. The van der Waals surface area contributed by atoms with E-state index < -0.39 is 16.6 Å². The molecule has 1 fully saturated rings. The van der Waals surface area contributed by atoms with Gasteiger partial charge < -0.3 is 0 Å². The zero-order valence-corrected chi connectivity index (χ0v) is 15.7. The van der Waals surface area contributed by atoms with Gasteiger partial charge in [0.15, 0.2) is 0 Å². The molecule has 1 aliphatic heterocycles. The molecule has 0 saturated carbocycles. The highest BCUT2D eigenvalue weighted by Gasteiger charge is 2.34. The number of nitrogens with zero attached hydrogens (tertiary/aromatic N) is 4. The summed E-state index contributed by atoms with van der Waals surface area (Å²) in [5, 5.41) is 5.70. The second-order valence-corrected chi connectivity index (χ2v) is 8.89. The summed E-state index contributed by atoms with van der Waals surface area (Å²) >= 11 is 1.67. The normalized spacial score (nSPS) is 17.5. The lowest BCUT2D eigenvalue weighted by atomic mass is 10.3. The summed E-state index contributed by atoms with van der Waals surface area (Å²) in [7, 11) is -3.83. The molecule has 0 bridgehead atoms. The van der Waals surface area contributed by atoms with E-state index in [-0.39, 0.29) is 16.3 Å². The van der Waals surface area contributed by atoms with Crippen molar-refractivity contribution >= 4 is 21.4 Å². The van der Waals surface area contributed by atoms with E-state index in [1.165, 1.54) is 23.0 Å². The Labute approximate surface area is 149 Å². The van der Waals surface area contributed by atoms with Crippen molar-refractivity contribution in [1.29, 1.82) is 0 Å². The first kappa shape index (κ1) is 18.4. The molecule has 3 rings (SSSR count). The van der Waals surface area contributed by atoms with Crippen molar-refractivity contribution in [3.63, 3.8) is 0 Å². The van der Waals surface area contributed by atoms with Crippen LogP contribution in [0.15, 0.2) is 22.4 Å². The maximum atomic E-state index is 13.0. The van der Waals surface area contributed by atoms with Crippen LogP contribution in [0.4, 0.5) is 8.78 Å². The standard InChI is InChI=1S/C15H20F2N4O2S2/c1-11-14(12(2)21(18-11)15(16)17)25(22,23)20-7-5-19(6-8-20)10-13-4-3-9-24-13/h3-4,9,15H,5-8,10H2,1-2H3. The molecule has 10 heteroatoms. The predicted molar refractivity (Wildman–Crippen MR) is 91.3 cm³/mol. The largest absolute Gasteiger partial charge is 0.333 e. The third-order valence-corrected chi connectivity index (χ3v) is 7.35. The Morgan fingerprint density at radius 2 is 1.92 bits per heavy atom. The minimum absolute atomic E-state index is 0.0199. The van der Waals surface area contributed by atoms with Crippen LogP contribution in [0.1, 0.15) is 22.8 Å². The SMILES string of the molecule is Cc1nn(C(F)F)c(C)c1S(=O)(=O)N1CCN(Cc2cccs2)CC1. The summed E-state index contributed by atoms with van der Waals surface area (Å²) in [6.07, 6.45) is 0. The third kappa shape index (κ3) is 3.62. The fourth-order valence-corrected chi connectivity index (χ4v) is 5.62. The molecule has 3 heterocycles. The van der Waals surface area contributed by atoms with Crippen molar-refractivity contribution in [3.05, 3.63) is 33.8 Å². The van der Waals surface area contributed by atoms with Crippen molar-refractivity contribution in [2.45, 2.75) is 31.8 Å². The summed E-state index contributed by atoms with van der Waals surface area (Å²) < 4.78 is 53.6. The fourth-order valence-electron chi connectivity index (χ4n) is 3.09. The van der Waals surface area contributed by atoms with Crippen LogP contribution in [0.3, 0.4) is 0 Å². The summed E-state index contributed by atoms with van der Waals surface area (Å²) in [4.78, 5) is 3.33. The van der Waals surface area contributed by atoms with Crippen molar-refractivity contribution in [1.82, 2.24) is 19.0 Å². The lowest BCUT2D eigenvalue weighted by Crippen LogP contribution is -2.48. The molecule has 25 heavy (non-hydrogen) atoms. The molecule has 0 N–H and O–H groups in total. The highest BCUT2D eigenvalue weighted by molar-refractivity contribution is 7.89. The number of aryl methyl sites for hydroxylation is 1. The maximum Gasteiger partial charge on any atom is 0.333 e. The van der Waals surface area contributed by atoms with Crippen LogP contribution in [0.2, 0.25) is 0 Å². The molecule has 0 aromatic carbocycles. The van der Waals surface area contributed by atoms with Gasteiger partial charge in [0.1, 0.15) is 4.90 Å². The van der Waals surface area contributed by atoms with E-state index in [2.05, 4.69) is 16.1 Å². The highest BCUT2D eigenvalue weighted by Crippen LogP contribution is 2.27. The minimum atomic E-state index is -3.83. The maximum absolute atomic E-state index is 13.0. The number of piperazine rings is 1. The van der Waals surface area contributed by atoms with Crippen molar-refractivity contribution in [2.24, 2.45) is 0 Å². The third-order valence-electron chi connectivity index (χ3n) is 4.33. The number of alkyl halides is 2. The van der Waals surface area contributed by atoms with Gasteiger partial charge in [-0.2, -0.15) is 18.2 Å². The van der Waals surface area contributed by atoms with Gasteiger partial charge in [-0.25, -0.2) is 13.1 Å². The Balaban J connectivity index is 1.74. The number of aromatic nitrogens is 2. The molecule has 0 spiro atoms. The average molecular weight is 390 g/mol. The lowest BCUT2D eigenvalue weighted by Gasteiger charge is -2.33. The van der Waals surface area contributed by atoms with E-state index in [1.807, 2.05) is 11.4 Å². The van der Waals surface area contributed by atoms with Crippen LogP contribution in [-0.2, 0) is 16.6 Å². The average Bonchev–Trinajstić information content (AvgIpc) is 3.15. The predicted octanol–water partition coefficient (Wildman–Crippen LogP) is 2.46. The Kier molecular flexibility index (Phi) is 5.24. The molecule has 0 unspecified atom stereocenters. The number of hydrogen-bond acceptors (Lipinski definition) is 5. The molecule has 0 amide bonds. The second kappa shape index (κ2) is 7.10. The van der Waals surface area contributed by atoms with Crippen LogP contribution in [0.25, 0.3) is 0 Å². The Hall–Kier alpha value is -1.36. The van der Waals surface area contributed by atoms with Crippen molar-refractivity contribution in [3.8, 4) is 0 Å². The number of thiophene rings is 1. The number of halogens is 2. The first-order chi connectivity index (χ1) is 11.8. The Morgan fingerprint density at radius 3 is 2.44 bits per heavy atom. The van der Waals surface area contributed by atoms with Gasteiger partial charge >= 0.3 is 6.55 Å². The van der Waals surface area contributed by atoms with Crippen LogP contribution in [-0.4, -0.2) is 53.6 Å². The smallest absolute Gasteiger partial charge is 0.296 e. The molecule has 0 aliphatic carbocycles. The van der Waals surface area contributed by atoms with Crippen LogP contribution in [0, 0.1) is 13.8 Å². The zero-order valence-electron chi connectivity index (χ0n) is 14.0. The summed E-state index contributed by atoms with van der Waals surface area (Å²) in [6, 6.07) is 4.05. The number of sulfonamides is 1. The first-order valence-electron chi connectivity index (χ1n) is 7.89. The van der Waals surface area contributed by atoms with Gasteiger partial charge in [0, 0.05) is 37.6 Å². The summed E-state index contributed by atoms with van der Waals surface area (Å²) in [5.41, 5.74) is 0.0901. The molecule has 0 radical (unpaired) electrons. The van der Waals surface area contributed by atoms with Crippen LogP contribution >= 0.6 is 11.3 Å². The Bertz CT molecular complexity index is 826. The molecule has 138 valence electrons. The lowest BCUT2D eigenvalue weighted by molar-refractivity contribution is 0.0538. The minimum Gasteiger partial charge on any atom is -0.296 e. The van der Waals surface area contributed by atoms with Crippen molar-refractivity contribution < 1.29 is 17.2 Å². The summed E-state index contributed by atoms with van der Waals surface area (Å²) in [6.45, 7) is 2.66. The molecule has 1 saturated heterocycles. The van der Waals surface area contributed by atoms with Crippen molar-refractivity contribution in [2.75, 3.05) is 26.2 Å². The van der Waals surface area contributed by atoms with Gasteiger partial charge in [-0.15, -0.1) is 11.3 Å². The van der Waals surface area contributed by atoms with E-state index in [1.54, 1.807) is 11.3 Å². The molecular formula is C15H20F2N4O2S2. The molecule has 1 aliphatic rings. The first-order valence-corrected chi connectivity index (χ1v) is 10.2. The molecule has 2 aromatic rings. The molecule has 6 nitrogen and oxygen atoms in total.